The molecule has 1 aromatic rings. The van der Waals surface area contributed by atoms with Crippen LogP contribution in [0.4, 0.5) is 5.69 Å². The van der Waals surface area contributed by atoms with Crippen molar-refractivity contribution >= 4 is 11.6 Å². The summed E-state index contributed by atoms with van der Waals surface area (Å²) in [6, 6.07) is 8.62. The van der Waals surface area contributed by atoms with Crippen molar-refractivity contribution < 1.29 is 4.79 Å². The predicted octanol–water partition coefficient (Wildman–Crippen LogP) is 1.43. The van der Waals surface area contributed by atoms with E-state index in [1.807, 2.05) is 12.1 Å². The van der Waals surface area contributed by atoms with Gasteiger partial charge < -0.3 is 15.1 Å². The van der Waals surface area contributed by atoms with Crippen molar-refractivity contribution in [3.05, 3.63) is 29.8 Å². The van der Waals surface area contributed by atoms with Crippen molar-refractivity contribution in [1.29, 1.82) is 0 Å². The fraction of sp³-hybridized carbons (Fsp3) is 0.562. The van der Waals surface area contributed by atoms with E-state index in [1.165, 1.54) is 11.3 Å². The van der Waals surface area contributed by atoms with Gasteiger partial charge in [-0.1, -0.05) is 18.2 Å². The number of hydrogen-bond acceptors (Lipinski definition) is 3. The van der Waals surface area contributed by atoms with E-state index in [2.05, 4.69) is 41.2 Å². The van der Waals surface area contributed by atoms with E-state index in [1.54, 1.807) is 0 Å². The second-order valence-electron chi connectivity index (χ2n) is 6.08. The normalized spacial score (nSPS) is 26.8. The zero-order valence-corrected chi connectivity index (χ0v) is 12.3. The summed E-state index contributed by atoms with van der Waals surface area (Å²) in [6.07, 6.45) is 0.862. The summed E-state index contributed by atoms with van der Waals surface area (Å²) < 4.78 is 0. The summed E-state index contributed by atoms with van der Waals surface area (Å²) in [6.45, 7) is 5.72. The number of nitrogens with one attached hydrogen (secondary N) is 1. The van der Waals surface area contributed by atoms with E-state index in [0.717, 1.165) is 32.6 Å². The molecule has 2 aliphatic heterocycles. The quantitative estimate of drug-likeness (QED) is 0.841. The van der Waals surface area contributed by atoms with Crippen LogP contribution < -0.4 is 5.32 Å². The molecular formula is C16H23N3O. The van der Waals surface area contributed by atoms with E-state index in [9.17, 15) is 4.79 Å². The molecule has 1 aromatic carbocycles. The zero-order valence-electron chi connectivity index (χ0n) is 12.3. The van der Waals surface area contributed by atoms with Gasteiger partial charge in [-0.3, -0.25) is 4.79 Å². The van der Waals surface area contributed by atoms with Crippen LogP contribution in [0.15, 0.2) is 24.3 Å². The number of nitrogens with zero attached hydrogens (tertiary/aromatic N) is 2. The number of rotatable bonds is 1. The Morgan fingerprint density at radius 2 is 2.10 bits per heavy atom. The molecule has 2 atom stereocenters. The van der Waals surface area contributed by atoms with Crippen LogP contribution >= 0.6 is 0 Å². The Labute approximate surface area is 120 Å². The number of carbonyl (C=O) groups excluding carboxylic acids is 1. The van der Waals surface area contributed by atoms with Crippen molar-refractivity contribution in [2.75, 3.05) is 38.5 Å². The number of para-hydroxylation sites is 1. The molecule has 2 heterocycles. The molecule has 1 fully saturated rings. The molecule has 1 N–H and O–H groups in total. The van der Waals surface area contributed by atoms with E-state index in [0.29, 0.717) is 11.9 Å². The summed E-state index contributed by atoms with van der Waals surface area (Å²) in [5, 5.41) is 3.40. The molecular weight excluding hydrogens is 250 g/mol. The number of likely N-dealkylation sites (N-methyl/N-ethyl adjacent to an activating group) is 1. The van der Waals surface area contributed by atoms with Gasteiger partial charge in [0.05, 0.1) is 5.92 Å². The van der Waals surface area contributed by atoms with Gasteiger partial charge in [0.25, 0.3) is 0 Å². The molecule has 3 rings (SSSR count). The van der Waals surface area contributed by atoms with Crippen LogP contribution in [-0.4, -0.2) is 55.0 Å². The largest absolute Gasteiger partial charge is 0.384 e. The number of benzene rings is 1. The maximum absolute atomic E-state index is 12.7. The highest BCUT2D eigenvalue weighted by atomic mass is 16.2. The Morgan fingerprint density at radius 1 is 1.30 bits per heavy atom. The van der Waals surface area contributed by atoms with Crippen molar-refractivity contribution in [2.24, 2.45) is 5.92 Å². The molecule has 0 radical (unpaired) electrons. The summed E-state index contributed by atoms with van der Waals surface area (Å²) in [5.74, 6) is 0.392. The fourth-order valence-electron chi connectivity index (χ4n) is 3.32. The van der Waals surface area contributed by atoms with Crippen LogP contribution in [0.5, 0.6) is 0 Å². The van der Waals surface area contributed by atoms with Crippen molar-refractivity contribution in [1.82, 2.24) is 9.80 Å². The van der Waals surface area contributed by atoms with Gasteiger partial charge in [-0.2, -0.15) is 0 Å². The number of carbonyl (C=O) groups is 1. The number of anilines is 1. The Balaban J connectivity index is 1.70. The molecule has 1 saturated heterocycles. The third-order valence-corrected chi connectivity index (χ3v) is 4.49. The highest BCUT2D eigenvalue weighted by Gasteiger charge is 2.32. The van der Waals surface area contributed by atoms with E-state index < -0.39 is 0 Å². The molecule has 0 bridgehead atoms. The van der Waals surface area contributed by atoms with Gasteiger partial charge in [0, 0.05) is 37.9 Å². The SMILES string of the molecule is CC1CN(C)CCN1C(=O)C1CNc2ccccc2C1. The zero-order chi connectivity index (χ0) is 14.1. The average Bonchev–Trinajstić information content (AvgIpc) is 2.46. The number of piperazine rings is 1. The Kier molecular flexibility index (Phi) is 3.66. The first kappa shape index (κ1) is 13.4. The fourth-order valence-corrected chi connectivity index (χ4v) is 3.32. The van der Waals surface area contributed by atoms with E-state index in [4.69, 9.17) is 0 Å². The molecule has 4 nitrogen and oxygen atoms in total. The topological polar surface area (TPSA) is 35.6 Å². The lowest BCUT2D eigenvalue weighted by molar-refractivity contribution is -0.139. The molecule has 20 heavy (non-hydrogen) atoms. The molecule has 4 heteroatoms. The highest BCUT2D eigenvalue weighted by Crippen LogP contribution is 2.26. The van der Waals surface area contributed by atoms with Crippen LogP contribution in [0, 0.1) is 5.92 Å². The Hall–Kier alpha value is -1.55. The summed E-state index contributed by atoms with van der Waals surface area (Å²) in [5.41, 5.74) is 2.45. The number of fused-ring (bicyclic) bond motifs is 1. The molecule has 2 aliphatic rings. The molecule has 108 valence electrons. The third-order valence-electron chi connectivity index (χ3n) is 4.49. The molecule has 0 saturated carbocycles. The monoisotopic (exact) mass is 273 g/mol. The minimum atomic E-state index is 0.0794. The Morgan fingerprint density at radius 3 is 2.90 bits per heavy atom. The van der Waals surface area contributed by atoms with Gasteiger partial charge in [-0.15, -0.1) is 0 Å². The van der Waals surface area contributed by atoms with Crippen molar-refractivity contribution in [3.8, 4) is 0 Å². The first-order valence-corrected chi connectivity index (χ1v) is 7.46. The third kappa shape index (κ3) is 2.52. The standard InChI is InChI=1S/C16H23N3O/c1-12-11-18(2)7-8-19(12)16(20)14-9-13-5-3-4-6-15(13)17-10-14/h3-6,12,14,17H,7-11H2,1-2H3. The van der Waals surface area contributed by atoms with Crippen LogP contribution in [0.25, 0.3) is 0 Å². The Bertz CT molecular complexity index is 502. The first-order chi connectivity index (χ1) is 9.65. The highest BCUT2D eigenvalue weighted by molar-refractivity contribution is 5.81. The molecule has 2 unspecified atom stereocenters. The van der Waals surface area contributed by atoms with Gasteiger partial charge in [-0.25, -0.2) is 0 Å². The number of amides is 1. The smallest absolute Gasteiger partial charge is 0.228 e. The van der Waals surface area contributed by atoms with Crippen molar-refractivity contribution in [3.63, 3.8) is 0 Å². The lowest BCUT2D eigenvalue weighted by atomic mass is 9.92. The van der Waals surface area contributed by atoms with Crippen LogP contribution in [0.2, 0.25) is 0 Å². The summed E-state index contributed by atoms with van der Waals surface area (Å²) in [4.78, 5) is 17.1. The van der Waals surface area contributed by atoms with Crippen molar-refractivity contribution in [2.45, 2.75) is 19.4 Å². The first-order valence-electron chi connectivity index (χ1n) is 7.46. The maximum Gasteiger partial charge on any atom is 0.228 e. The lowest BCUT2D eigenvalue weighted by Crippen LogP contribution is -2.55. The van der Waals surface area contributed by atoms with E-state index in [-0.39, 0.29) is 5.92 Å². The lowest BCUT2D eigenvalue weighted by Gasteiger charge is -2.40. The summed E-state index contributed by atoms with van der Waals surface area (Å²) >= 11 is 0. The van der Waals surface area contributed by atoms with Gasteiger partial charge >= 0.3 is 0 Å². The summed E-state index contributed by atoms with van der Waals surface area (Å²) in [7, 11) is 2.12. The predicted molar refractivity (Wildman–Crippen MR) is 80.8 cm³/mol. The molecule has 0 aliphatic carbocycles. The van der Waals surface area contributed by atoms with Gasteiger partial charge in [0.1, 0.15) is 0 Å². The van der Waals surface area contributed by atoms with Gasteiger partial charge in [0.15, 0.2) is 0 Å². The minimum absolute atomic E-state index is 0.0794. The van der Waals surface area contributed by atoms with Crippen LogP contribution in [0.1, 0.15) is 12.5 Å². The second-order valence-corrected chi connectivity index (χ2v) is 6.08. The van der Waals surface area contributed by atoms with E-state index >= 15 is 0 Å². The average molecular weight is 273 g/mol. The van der Waals surface area contributed by atoms with Crippen LogP contribution in [-0.2, 0) is 11.2 Å². The second kappa shape index (κ2) is 5.44. The molecule has 0 aromatic heterocycles. The van der Waals surface area contributed by atoms with Gasteiger partial charge in [0.2, 0.25) is 5.91 Å². The van der Waals surface area contributed by atoms with Crippen LogP contribution in [0.3, 0.4) is 0 Å². The number of hydrogen-bond donors (Lipinski definition) is 1. The maximum atomic E-state index is 12.7. The minimum Gasteiger partial charge on any atom is -0.384 e. The molecule has 0 spiro atoms. The van der Waals surface area contributed by atoms with Gasteiger partial charge in [-0.05, 0) is 32.0 Å². The molecule has 1 amide bonds.